The van der Waals surface area contributed by atoms with Crippen LogP contribution in [0.2, 0.25) is 0 Å². The molecule has 2 fully saturated rings. The minimum Gasteiger partial charge on any atom is -0.329 e. The summed E-state index contributed by atoms with van der Waals surface area (Å²) in [5.41, 5.74) is 0.835. The fourth-order valence-corrected chi connectivity index (χ4v) is 3.37. The summed E-state index contributed by atoms with van der Waals surface area (Å²) in [6, 6.07) is 5.07. The van der Waals surface area contributed by atoms with Crippen LogP contribution in [0.1, 0.15) is 38.3 Å². The van der Waals surface area contributed by atoms with Crippen molar-refractivity contribution in [1.29, 1.82) is 0 Å². The molecule has 0 aliphatic carbocycles. The zero-order valence-corrected chi connectivity index (χ0v) is 12.4. The number of aromatic nitrogens is 1. The van der Waals surface area contributed by atoms with E-state index in [-0.39, 0.29) is 23.9 Å². The van der Waals surface area contributed by atoms with Crippen molar-refractivity contribution in [2.24, 2.45) is 0 Å². The normalized spacial score (nSPS) is 26.0. The maximum absolute atomic E-state index is 12.8. The lowest BCUT2D eigenvalue weighted by molar-refractivity contribution is -0.164. The zero-order valence-electron chi connectivity index (χ0n) is 12.4. The van der Waals surface area contributed by atoms with Gasteiger partial charge in [-0.3, -0.25) is 14.6 Å². The van der Waals surface area contributed by atoms with Gasteiger partial charge in [-0.2, -0.15) is 0 Å². The fraction of sp³-hybridized carbons (Fsp3) is 0.562. The Hall–Kier alpha value is -1.91. The van der Waals surface area contributed by atoms with Crippen molar-refractivity contribution in [3.63, 3.8) is 0 Å². The number of piperazine rings is 1. The van der Waals surface area contributed by atoms with Gasteiger partial charge in [-0.15, -0.1) is 0 Å². The maximum atomic E-state index is 12.8. The first-order valence-electron chi connectivity index (χ1n) is 7.73. The number of fused-ring (bicyclic) bond motifs is 1. The first-order valence-corrected chi connectivity index (χ1v) is 7.73. The van der Waals surface area contributed by atoms with Crippen molar-refractivity contribution in [3.8, 4) is 0 Å². The second-order valence-corrected chi connectivity index (χ2v) is 5.75. The zero-order chi connectivity index (χ0) is 14.8. The van der Waals surface area contributed by atoms with E-state index in [0.29, 0.717) is 13.0 Å². The lowest BCUT2D eigenvalue weighted by Gasteiger charge is -2.46. The molecule has 3 rings (SSSR count). The lowest BCUT2D eigenvalue weighted by atomic mass is 9.94. The SMILES string of the molecule is CCC1C(=O)N2CCCCC2C(=O)N1Cc1ccccn1. The molecule has 2 amide bonds. The predicted molar refractivity (Wildman–Crippen MR) is 78.2 cm³/mol. The molecule has 2 saturated heterocycles. The monoisotopic (exact) mass is 287 g/mol. The summed E-state index contributed by atoms with van der Waals surface area (Å²) in [5.74, 6) is 0.199. The summed E-state index contributed by atoms with van der Waals surface area (Å²) in [6.45, 7) is 3.11. The molecule has 0 saturated carbocycles. The molecule has 1 aromatic rings. The third-order valence-corrected chi connectivity index (χ3v) is 4.46. The quantitative estimate of drug-likeness (QED) is 0.848. The van der Waals surface area contributed by atoms with Gasteiger partial charge < -0.3 is 9.80 Å². The molecular formula is C16H21N3O2. The van der Waals surface area contributed by atoms with Crippen molar-refractivity contribution in [2.75, 3.05) is 6.54 Å². The van der Waals surface area contributed by atoms with Crippen LogP contribution in [0.5, 0.6) is 0 Å². The van der Waals surface area contributed by atoms with Gasteiger partial charge in [0.1, 0.15) is 12.1 Å². The van der Waals surface area contributed by atoms with Crippen LogP contribution in [0.4, 0.5) is 0 Å². The topological polar surface area (TPSA) is 53.5 Å². The highest BCUT2D eigenvalue weighted by Gasteiger charge is 2.45. The molecule has 2 unspecified atom stereocenters. The van der Waals surface area contributed by atoms with Crippen LogP contribution in [-0.4, -0.2) is 45.2 Å². The summed E-state index contributed by atoms with van der Waals surface area (Å²) < 4.78 is 0. The largest absolute Gasteiger partial charge is 0.329 e. The van der Waals surface area contributed by atoms with Gasteiger partial charge in [0.25, 0.3) is 0 Å². The molecular weight excluding hydrogens is 266 g/mol. The van der Waals surface area contributed by atoms with E-state index in [4.69, 9.17) is 0 Å². The average molecular weight is 287 g/mol. The second kappa shape index (κ2) is 5.84. The Bertz CT molecular complexity index is 532. The van der Waals surface area contributed by atoms with E-state index in [1.807, 2.05) is 25.1 Å². The summed E-state index contributed by atoms with van der Waals surface area (Å²) in [4.78, 5) is 33.3. The van der Waals surface area contributed by atoms with Crippen LogP contribution >= 0.6 is 0 Å². The van der Waals surface area contributed by atoms with Crippen LogP contribution in [0, 0.1) is 0 Å². The van der Waals surface area contributed by atoms with Gasteiger partial charge in [0.05, 0.1) is 12.2 Å². The van der Waals surface area contributed by atoms with Crippen LogP contribution < -0.4 is 0 Å². The highest BCUT2D eigenvalue weighted by molar-refractivity contribution is 5.97. The third kappa shape index (κ3) is 2.52. The highest BCUT2D eigenvalue weighted by Crippen LogP contribution is 2.28. The maximum Gasteiger partial charge on any atom is 0.246 e. The van der Waals surface area contributed by atoms with Gasteiger partial charge in [-0.05, 0) is 37.8 Å². The third-order valence-electron chi connectivity index (χ3n) is 4.46. The molecule has 5 nitrogen and oxygen atoms in total. The van der Waals surface area contributed by atoms with Gasteiger partial charge in [-0.1, -0.05) is 13.0 Å². The fourth-order valence-electron chi connectivity index (χ4n) is 3.37. The molecule has 0 aromatic carbocycles. The lowest BCUT2D eigenvalue weighted by Crippen LogP contribution is -2.65. The number of hydrogen-bond donors (Lipinski definition) is 0. The molecule has 2 aliphatic rings. The number of piperidine rings is 1. The molecule has 3 heterocycles. The minimum absolute atomic E-state index is 0.0896. The molecule has 0 bridgehead atoms. The van der Waals surface area contributed by atoms with Gasteiger partial charge in [-0.25, -0.2) is 0 Å². The summed E-state index contributed by atoms with van der Waals surface area (Å²) in [6.07, 6.45) is 5.19. The summed E-state index contributed by atoms with van der Waals surface area (Å²) in [7, 11) is 0. The van der Waals surface area contributed by atoms with E-state index in [2.05, 4.69) is 4.98 Å². The molecule has 0 N–H and O–H groups in total. The Morgan fingerprint density at radius 3 is 2.81 bits per heavy atom. The molecule has 21 heavy (non-hydrogen) atoms. The standard InChI is InChI=1S/C16H21N3O2/c1-2-13-15(20)18-10-6-4-8-14(18)16(21)19(13)11-12-7-3-5-9-17-12/h3,5,7,9,13-14H,2,4,6,8,10-11H2,1H3. The molecule has 2 atom stereocenters. The minimum atomic E-state index is -0.339. The number of nitrogens with zero attached hydrogens (tertiary/aromatic N) is 3. The van der Waals surface area contributed by atoms with Crippen LogP contribution in [-0.2, 0) is 16.1 Å². The highest BCUT2D eigenvalue weighted by atomic mass is 16.2. The molecule has 0 radical (unpaired) electrons. The van der Waals surface area contributed by atoms with Crippen LogP contribution in [0.25, 0.3) is 0 Å². The Labute approximate surface area is 124 Å². The van der Waals surface area contributed by atoms with Gasteiger partial charge in [0.2, 0.25) is 11.8 Å². The van der Waals surface area contributed by atoms with Gasteiger partial charge >= 0.3 is 0 Å². The summed E-state index contributed by atoms with van der Waals surface area (Å²) >= 11 is 0. The van der Waals surface area contributed by atoms with Gasteiger partial charge in [0.15, 0.2) is 0 Å². The number of pyridine rings is 1. The number of carbonyl (C=O) groups excluding carboxylic acids is 2. The smallest absolute Gasteiger partial charge is 0.246 e. The van der Waals surface area contributed by atoms with Crippen LogP contribution in [0.15, 0.2) is 24.4 Å². The molecule has 0 spiro atoms. The van der Waals surface area contributed by atoms with E-state index < -0.39 is 0 Å². The van der Waals surface area contributed by atoms with E-state index in [1.165, 1.54) is 0 Å². The predicted octanol–water partition coefficient (Wildman–Crippen LogP) is 1.58. The first kappa shape index (κ1) is 14.0. The summed E-state index contributed by atoms with van der Waals surface area (Å²) in [5, 5.41) is 0. The van der Waals surface area contributed by atoms with Crippen LogP contribution in [0.3, 0.4) is 0 Å². The van der Waals surface area contributed by atoms with Crippen molar-refractivity contribution < 1.29 is 9.59 Å². The first-order chi connectivity index (χ1) is 10.2. The Morgan fingerprint density at radius 1 is 1.24 bits per heavy atom. The van der Waals surface area contributed by atoms with Crippen molar-refractivity contribution in [2.45, 2.75) is 51.2 Å². The molecule has 2 aliphatic heterocycles. The van der Waals surface area contributed by atoms with E-state index in [1.54, 1.807) is 16.0 Å². The van der Waals surface area contributed by atoms with Crippen molar-refractivity contribution in [3.05, 3.63) is 30.1 Å². The second-order valence-electron chi connectivity index (χ2n) is 5.75. The average Bonchev–Trinajstić information content (AvgIpc) is 2.54. The Morgan fingerprint density at radius 2 is 2.10 bits per heavy atom. The van der Waals surface area contributed by atoms with Crippen molar-refractivity contribution in [1.82, 2.24) is 14.8 Å². The van der Waals surface area contributed by atoms with Crippen molar-refractivity contribution >= 4 is 11.8 Å². The van der Waals surface area contributed by atoms with Gasteiger partial charge in [0, 0.05) is 12.7 Å². The number of rotatable bonds is 3. The number of amides is 2. The molecule has 112 valence electrons. The van der Waals surface area contributed by atoms with E-state index in [0.717, 1.165) is 31.5 Å². The Kier molecular flexibility index (Phi) is 3.90. The Balaban J connectivity index is 1.86. The molecule has 1 aromatic heterocycles. The van der Waals surface area contributed by atoms with E-state index in [9.17, 15) is 9.59 Å². The van der Waals surface area contributed by atoms with E-state index >= 15 is 0 Å². The number of hydrogen-bond acceptors (Lipinski definition) is 3. The molecule has 5 heteroatoms. The number of carbonyl (C=O) groups is 2.